The molecule has 0 unspecified atom stereocenters. The van der Waals surface area contributed by atoms with Gasteiger partial charge in [0.2, 0.25) is 5.91 Å². The zero-order valence-corrected chi connectivity index (χ0v) is 14.0. The fourth-order valence-electron chi connectivity index (χ4n) is 3.97. The van der Waals surface area contributed by atoms with Crippen molar-refractivity contribution >= 4 is 16.8 Å². The molecule has 24 heavy (non-hydrogen) atoms. The van der Waals surface area contributed by atoms with Crippen molar-refractivity contribution in [3.8, 4) is 0 Å². The van der Waals surface area contributed by atoms with Gasteiger partial charge in [-0.2, -0.15) is 0 Å². The van der Waals surface area contributed by atoms with Crippen LogP contribution in [0.1, 0.15) is 18.4 Å². The van der Waals surface area contributed by atoms with E-state index in [-0.39, 0.29) is 5.92 Å². The number of nitrogens with zero attached hydrogens (tertiary/aromatic N) is 2. The Hall–Kier alpha value is -1.85. The number of fused-ring (bicyclic) bond motifs is 1. The van der Waals surface area contributed by atoms with E-state index >= 15 is 0 Å². The molecule has 4 rings (SSSR count). The highest BCUT2D eigenvalue weighted by Crippen LogP contribution is 2.24. The smallest absolute Gasteiger partial charge is 0.227 e. The Morgan fingerprint density at radius 3 is 2.96 bits per heavy atom. The van der Waals surface area contributed by atoms with Gasteiger partial charge in [0.05, 0.1) is 19.1 Å². The van der Waals surface area contributed by atoms with Crippen LogP contribution >= 0.6 is 0 Å². The van der Waals surface area contributed by atoms with Crippen LogP contribution in [0.5, 0.6) is 0 Å². The third-order valence-corrected chi connectivity index (χ3v) is 5.26. The minimum atomic E-state index is 0.141. The predicted octanol–water partition coefficient (Wildman–Crippen LogP) is 2.24. The summed E-state index contributed by atoms with van der Waals surface area (Å²) in [4.78, 5) is 20.5. The molecule has 1 N–H and O–H groups in total. The summed E-state index contributed by atoms with van der Waals surface area (Å²) in [6.07, 6.45) is 4.11. The molecule has 1 amide bonds. The summed E-state index contributed by atoms with van der Waals surface area (Å²) < 4.78 is 5.36. The van der Waals surface area contributed by atoms with Crippen LogP contribution in [-0.4, -0.2) is 60.1 Å². The first-order valence-electron chi connectivity index (χ1n) is 8.95. The minimum Gasteiger partial charge on any atom is -0.378 e. The number of H-pyrrole nitrogens is 1. The first-order valence-corrected chi connectivity index (χ1v) is 8.95. The van der Waals surface area contributed by atoms with Crippen LogP contribution in [0.3, 0.4) is 0 Å². The van der Waals surface area contributed by atoms with Gasteiger partial charge in [-0.3, -0.25) is 9.69 Å². The van der Waals surface area contributed by atoms with E-state index in [0.29, 0.717) is 19.1 Å². The lowest BCUT2D eigenvalue weighted by Crippen LogP contribution is -2.48. The number of aromatic amines is 1. The maximum Gasteiger partial charge on any atom is 0.227 e. The lowest BCUT2D eigenvalue weighted by atomic mass is 9.95. The fraction of sp³-hybridized carbons (Fsp3) is 0.526. The molecule has 1 aromatic heterocycles. The molecular formula is C19H25N3O2. The van der Waals surface area contributed by atoms with E-state index in [0.717, 1.165) is 45.6 Å². The number of piperidine rings is 1. The quantitative estimate of drug-likeness (QED) is 0.940. The largest absolute Gasteiger partial charge is 0.378 e. The van der Waals surface area contributed by atoms with Crippen LogP contribution in [-0.2, 0) is 16.1 Å². The van der Waals surface area contributed by atoms with Crippen molar-refractivity contribution in [1.82, 2.24) is 14.8 Å². The maximum absolute atomic E-state index is 12.8. The molecule has 1 atom stereocenters. The molecule has 0 saturated carbocycles. The number of ether oxygens (including phenoxy) is 1. The molecule has 1 aromatic carbocycles. The summed E-state index contributed by atoms with van der Waals surface area (Å²) in [6, 6.07) is 8.56. The SMILES string of the molecule is O=C([C@H]1CCCN(Cc2cccc3[nH]ccc23)C1)N1CCOCC1. The van der Waals surface area contributed by atoms with E-state index in [1.165, 1.54) is 16.5 Å². The lowest BCUT2D eigenvalue weighted by molar-refractivity contribution is -0.141. The van der Waals surface area contributed by atoms with Crippen molar-refractivity contribution < 1.29 is 9.53 Å². The Morgan fingerprint density at radius 2 is 2.08 bits per heavy atom. The van der Waals surface area contributed by atoms with Gasteiger partial charge in [0.1, 0.15) is 0 Å². The van der Waals surface area contributed by atoms with Gasteiger partial charge in [0, 0.05) is 43.3 Å². The number of carbonyl (C=O) groups excluding carboxylic acids is 1. The number of morpholine rings is 1. The summed E-state index contributed by atoms with van der Waals surface area (Å²) in [5.41, 5.74) is 2.53. The van der Waals surface area contributed by atoms with E-state index in [1.54, 1.807) is 0 Å². The van der Waals surface area contributed by atoms with Crippen molar-refractivity contribution in [2.24, 2.45) is 5.92 Å². The summed E-state index contributed by atoms with van der Waals surface area (Å²) in [6.45, 7) is 5.72. The zero-order chi connectivity index (χ0) is 16.4. The normalized spacial score (nSPS) is 22.8. The number of nitrogens with one attached hydrogen (secondary N) is 1. The van der Waals surface area contributed by atoms with E-state index in [1.807, 2.05) is 11.1 Å². The van der Waals surface area contributed by atoms with Gasteiger partial charge in [-0.25, -0.2) is 0 Å². The van der Waals surface area contributed by atoms with Gasteiger partial charge >= 0.3 is 0 Å². The summed E-state index contributed by atoms with van der Waals surface area (Å²) in [7, 11) is 0. The highest BCUT2D eigenvalue weighted by atomic mass is 16.5. The summed E-state index contributed by atoms with van der Waals surface area (Å²) >= 11 is 0. The van der Waals surface area contributed by atoms with Crippen LogP contribution in [0.2, 0.25) is 0 Å². The first-order chi connectivity index (χ1) is 11.8. The number of carbonyl (C=O) groups is 1. The average Bonchev–Trinajstić information content (AvgIpc) is 3.12. The van der Waals surface area contributed by atoms with Crippen LogP contribution in [0.4, 0.5) is 0 Å². The van der Waals surface area contributed by atoms with Gasteiger partial charge in [0.25, 0.3) is 0 Å². The van der Waals surface area contributed by atoms with Gasteiger partial charge in [-0.05, 0) is 37.1 Å². The molecule has 128 valence electrons. The molecule has 3 heterocycles. The number of benzene rings is 1. The monoisotopic (exact) mass is 327 g/mol. The van der Waals surface area contributed by atoms with Crippen molar-refractivity contribution in [3.05, 3.63) is 36.0 Å². The molecule has 0 spiro atoms. The van der Waals surface area contributed by atoms with Crippen LogP contribution in [0.25, 0.3) is 10.9 Å². The highest BCUT2D eigenvalue weighted by molar-refractivity contribution is 5.83. The van der Waals surface area contributed by atoms with Gasteiger partial charge in [-0.1, -0.05) is 12.1 Å². The average molecular weight is 327 g/mol. The van der Waals surface area contributed by atoms with Crippen LogP contribution in [0, 0.1) is 5.92 Å². The van der Waals surface area contributed by atoms with Crippen molar-refractivity contribution in [2.45, 2.75) is 19.4 Å². The van der Waals surface area contributed by atoms with Crippen LogP contribution < -0.4 is 0 Å². The second-order valence-corrected chi connectivity index (χ2v) is 6.87. The Labute approximate surface area is 142 Å². The Bertz CT molecular complexity index is 705. The Morgan fingerprint density at radius 1 is 1.21 bits per heavy atom. The van der Waals surface area contributed by atoms with Crippen LogP contribution in [0.15, 0.2) is 30.5 Å². The van der Waals surface area contributed by atoms with E-state index in [2.05, 4.69) is 34.1 Å². The van der Waals surface area contributed by atoms with Gasteiger partial charge < -0.3 is 14.6 Å². The number of rotatable bonds is 3. The first kappa shape index (κ1) is 15.7. The number of hydrogen-bond donors (Lipinski definition) is 1. The summed E-state index contributed by atoms with van der Waals surface area (Å²) in [5, 5.41) is 1.29. The topological polar surface area (TPSA) is 48.6 Å². The van der Waals surface area contributed by atoms with E-state index < -0.39 is 0 Å². The Balaban J connectivity index is 1.43. The molecule has 2 aromatic rings. The number of aromatic nitrogens is 1. The molecular weight excluding hydrogens is 302 g/mol. The third-order valence-electron chi connectivity index (χ3n) is 5.26. The molecule has 2 fully saturated rings. The standard InChI is InChI=1S/C19H25N3O2/c23-19(22-9-11-24-12-10-22)16-4-2-8-21(14-16)13-15-3-1-5-18-17(15)6-7-20-18/h1,3,5-7,16,20H,2,4,8-14H2/t16-/m0/s1. The predicted molar refractivity (Wildman–Crippen MR) is 93.7 cm³/mol. The van der Waals surface area contributed by atoms with Gasteiger partial charge in [-0.15, -0.1) is 0 Å². The van der Waals surface area contributed by atoms with E-state index in [9.17, 15) is 4.79 Å². The fourth-order valence-corrected chi connectivity index (χ4v) is 3.97. The van der Waals surface area contributed by atoms with E-state index in [4.69, 9.17) is 4.74 Å². The van der Waals surface area contributed by atoms with Crippen molar-refractivity contribution in [2.75, 3.05) is 39.4 Å². The van der Waals surface area contributed by atoms with Gasteiger partial charge in [0.15, 0.2) is 0 Å². The molecule has 2 aliphatic heterocycles. The number of likely N-dealkylation sites (tertiary alicyclic amines) is 1. The molecule has 0 bridgehead atoms. The Kier molecular flexibility index (Phi) is 4.54. The molecule has 0 radical (unpaired) electrons. The second-order valence-electron chi connectivity index (χ2n) is 6.87. The molecule has 5 heteroatoms. The molecule has 0 aliphatic carbocycles. The summed E-state index contributed by atoms with van der Waals surface area (Å²) in [5.74, 6) is 0.463. The maximum atomic E-state index is 12.8. The molecule has 2 saturated heterocycles. The highest BCUT2D eigenvalue weighted by Gasteiger charge is 2.30. The number of amides is 1. The minimum absolute atomic E-state index is 0.141. The van der Waals surface area contributed by atoms with Crippen molar-refractivity contribution in [3.63, 3.8) is 0 Å². The third kappa shape index (κ3) is 3.19. The molecule has 2 aliphatic rings. The zero-order valence-electron chi connectivity index (χ0n) is 14.0. The second kappa shape index (κ2) is 6.95. The molecule has 5 nitrogen and oxygen atoms in total. The number of hydrogen-bond acceptors (Lipinski definition) is 3. The lowest BCUT2D eigenvalue weighted by Gasteiger charge is -2.36. The van der Waals surface area contributed by atoms with Crippen molar-refractivity contribution in [1.29, 1.82) is 0 Å².